The molecule has 1 heterocycles. The number of fused-ring (bicyclic) bond motifs is 1. The van der Waals surface area contributed by atoms with Crippen molar-refractivity contribution < 1.29 is 4.74 Å². The first kappa shape index (κ1) is 12.5. The van der Waals surface area contributed by atoms with Crippen LogP contribution in [0.1, 0.15) is 30.9 Å². The van der Waals surface area contributed by atoms with Gasteiger partial charge in [0.25, 0.3) is 0 Å². The minimum atomic E-state index is -0.174. The molecule has 1 atom stereocenters. The summed E-state index contributed by atoms with van der Waals surface area (Å²) in [5.41, 5.74) is 3.97. The highest BCUT2D eigenvalue weighted by Crippen LogP contribution is 2.45. The van der Waals surface area contributed by atoms with Gasteiger partial charge in [0.15, 0.2) is 0 Å². The molecule has 4 heteroatoms. The summed E-state index contributed by atoms with van der Waals surface area (Å²) in [7, 11) is 1.77. The summed E-state index contributed by atoms with van der Waals surface area (Å²) < 4.78 is 5.77. The predicted octanol–water partition coefficient (Wildman–Crippen LogP) is 2.31. The van der Waals surface area contributed by atoms with Gasteiger partial charge in [-0.3, -0.25) is 16.3 Å². The highest BCUT2D eigenvalue weighted by molar-refractivity contribution is 5.85. The Hall–Kier alpha value is -1.49. The molecule has 1 saturated carbocycles. The molecule has 0 saturated heterocycles. The molecule has 0 amide bonds. The van der Waals surface area contributed by atoms with Crippen molar-refractivity contribution in [1.29, 1.82) is 0 Å². The maximum Gasteiger partial charge on any atom is 0.0885 e. The van der Waals surface area contributed by atoms with Gasteiger partial charge in [0.05, 0.1) is 11.6 Å². The van der Waals surface area contributed by atoms with Crippen LogP contribution in [0.15, 0.2) is 36.7 Å². The molecule has 0 radical (unpaired) electrons. The lowest BCUT2D eigenvalue weighted by Gasteiger charge is -2.46. The van der Waals surface area contributed by atoms with Gasteiger partial charge >= 0.3 is 0 Å². The van der Waals surface area contributed by atoms with Crippen molar-refractivity contribution in [2.45, 2.75) is 30.9 Å². The van der Waals surface area contributed by atoms with Crippen molar-refractivity contribution in [2.75, 3.05) is 7.11 Å². The van der Waals surface area contributed by atoms with Crippen LogP contribution < -0.4 is 11.3 Å². The molecule has 100 valence electrons. The molecule has 3 rings (SSSR count). The Bertz CT molecular complexity index is 570. The number of ether oxygens (including phenoxy) is 1. The third kappa shape index (κ3) is 1.92. The summed E-state index contributed by atoms with van der Waals surface area (Å²) in [6.07, 6.45) is 6.98. The summed E-state index contributed by atoms with van der Waals surface area (Å²) in [6, 6.07) is 8.28. The van der Waals surface area contributed by atoms with Gasteiger partial charge in [-0.2, -0.15) is 0 Å². The molecule has 19 heavy (non-hydrogen) atoms. The monoisotopic (exact) mass is 257 g/mol. The van der Waals surface area contributed by atoms with Crippen LogP contribution in [0.2, 0.25) is 0 Å². The molecule has 0 bridgehead atoms. The van der Waals surface area contributed by atoms with Crippen molar-refractivity contribution >= 4 is 10.8 Å². The average Bonchev–Trinajstić information content (AvgIpc) is 2.42. The maximum atomic E-state index is 5.82. The van der Waals surface area contributed by atoms with Crippen LogP contribution in [-0.2, 0) is 4.74 Å². The molecule has 2 aromatic rings. The normalized spacial score (nSPS) is 19.1. The molecule has 1 aliphatic carbocycles. The van der Waals surface area contributed by atoms with E-state index in [9.17, 15) is 0 Å². The van der Waals surface area contributed by atoms with Crippen molar-refractivity contribution in [2.24, 2.45) is 5.84 Å². The van der Waals surface area contributed by atoms with E-state index in [0.29, 0.717) is 0 Å². The van der Waals surface area contributed by atoms with Gasteiger partial charge in [-0.05, 0) is 36.3 Å². The number of nitrogens with two attached hydrogens (primary N) is 1. The molecule has 1 fully saturated rings. The molecule has 1 aliphatic rings. The molecule has 4 nitrogen and oxygen atoms in total. The minimum absolute atomic E-state index is 0.0114. The second-order valence-corrected chi connectivity index (χ2v) is 5.17. The predicted molar refractivity (Wildman–Crippen MR) is 75.4 cm³/mol. The Kier molecular flexibility index (Phi) is 3.22. The van der Waals surface area contributed by atoms with Crippen LogP contribution in [0.25, 0.3) is 10.8 Å². The van der Waals surface area contributed by atoms with Gasteiger partial charge in [-0.25, -0.2) is 0 Å². The summed E-state index contributed by atoms with van der Waals surface area (Å²) in [6.45, 7) is 0. The second-order valence-electron chi connectivity index (χ2n) is 5.17. The summed E-state index contributed by atoms with van der Waals surface area (Å²) in [5, 5.41) is 2.31. The highest BCUT2D eigenvalue weighted by Gasteiger charge is 2.45. The van der Waals surface area contributed by atoms with Crippen molar-refractivity contribution in [3.8, 4) is 0 Å². The van der Waals surface area contributed by atoms with Crippen LogP contribution >= 0.6 is 0 Å². The van der Waals surface area contributed by atoms with Gasteiger partial charge in [0.1, 0.15) is 0 Å². The van der Waals surface area contributed by atoms with E-state index in [2.05, 4.69) is 22.5 Å². The van der Waals surface area contributed by atoms with E-state index in [1.165, 1.54) is 17.4 Å². The summed E-state index contributed by atoms with van der Waals surface area (Å²) >= 11 is 0. The fraction of sp³-hybridized carbons (Fsp3) is 0.400. The van der Waals surface area contributed by atoms with Gasteiger partial charge < -0.3 is 4.74 Å². The van der Waals surface area contributed by atoms with E-state index in [1.54, 1.807) is 7.11 Å². The van der Waals surface area contributed by atoms with E-state index in [0.717, 1.165) is 18.2 Å². The zero-order valence-electron chi connectivity index (χ0n) is 11.1. The fourth-order valence-electron chi connectivity index (χ4n) is 3.06. The first-order valence-electron chi connectivity index (χ1n) is 6.65. The second kappa shape index (κ2) is 4.89. The minimum Gasteiger partial charge on any atom is -0.376 e. The quantitative estimate of drug-likeness (QED) is 0.652. The SMILES string of the molecule is COC1(C(NN)c2cccc3cnccc23)CCC1. The number of benzene rings is 1. The van der Waals surface area contributed by atoms with E-state index >= 15 is 0 Å². The molecule has 1 aromatic heterocycles. The average molecular weight is 257 g/mol. The Morgan fingerprint density at radius 3 is 2.84 bits per heavy atom. The zero-order chi connectivity index (χ0) is 13.3. The first-order chi connectivity index (χ1) is 9.30. The van der Waals surface area contributed by atoms with Crippen LogP contribution in [0.4, 0.5) is 0 Å². The largest absolute Gasteiger partial charge is 0.376 e. The third-order valence-electron chi connectivity index (χ3n) is 4.32. The van der Waals surface area contributed by atoms with E-state index in [1.807, 2.05) is 24.5 Å². The number of aromatic nitrogens is 1. The lowest BCUT2D eigenvalue weighted by molar-refractivity contribution is -0.0995. The molecule has 0 spiro atoms. The third-order valence-corrected chi connectivity index (χ3v) is 4.32. The Morgan fingerprint density at radius 1 is 1.37 bits per heavy atom. The fourth-order valence-corrected chi connectivity index (χ4v) is 3.06. The number of nitrogens with one attached hydrogen (secondary N) is 1. The van der Waals surface area contributed by atoms with Gasteiger partial charge in [-0.15, -0.1) is 0 Å². The Labute approximate surface area is 112 Å². The number of pyridine rings is 1. The standard InChI is InChI=1S/C15H19N3O/c1-19-15(7-3-8-15)14(18-16)13-5-2-4-11-10-17-9-6-12(11)13/h2,4-6,9-10,14,18H,3,7-8,16H2,1H3. The number of nitrogens with zero attached hydrogens (tertiary/aromatic N) is 1. The maximum absolute atomic E-state index is 5.82. The molecule has 0 aliphatic heterocycles. The van der Waals surface area contributed by atoms with Crippen LogP contribution in [0.3, 0.4) is 0 Å². The topological polar surface area (TPSA) is 60.2 Å². The van der Waals surface area contributed by atoms with E-state index < -0.39 is 0 Å². The van der Waals surface area contributed by atoms with Crippen molar-refractivity contribution in [1.82, 2.24) is 10.4 Å². The Morgan fingerprint density at radius 2 is 2.21 bits per heavy atom. The molecule has 1 unspecified atom stereocenters. The number of hydrazine groups is 1. The molecule has 1 aromatic carbocycles. The van der Waals surface area contributed by atoms with Crippen LogP contribution in [-0.4, -0.2) is 17.7 Å². The van der Waals surface area contributed by atoms with E-state index in [4.69, 9.17) is 10.6 Å². The molecular weight excluding hydrogens is 238 g/mol. The van der Waals surface area contributed by atoms with Crippen molar-refractivity contribution in [3.63, 3.8) is 0 Å². The van der Waals surface area contributed by atoms with Crippen LogP contribution in [0.5, 0.6) is 0 Å². The van der Waals surface area contributed by atoms with E-state index in [-0.39, 0.29) is 11.6 Å². The smallest absolute Gasteiger partial charge is 0.0885 e. The highest BCUT2D eigenvalue weighted by atomic mass is 16.5. The van der Waals surface area contributed by atoms with Gasteiger partial charge in [-0.1, -0.05) is 18.2 Å². The van der Waals surface area contributed by atoms with Gasteiger partial charge in [0.2, 0.25) is 0 Å². The zero-order valence-corrected chi connectivity index (χ0v) is 11.1. The summed E-state index contributed by atoms with van der Waals surface area (Å²) in [5.74, 6) is 5.82. The lowest BCUT2D eigenvalue weighted by Crippen LogP contribution is -2.52. The van der Waals surface area contributed by atoms with Crippen molar-refractivity contribution in [3.05, 3.63) is 42.2 Å². The lowest BCUT2D eigenvalue weighted by atomic mass is 9.72. The molecule has 3 N–H and O–H groups in total. The number of hydrogen-bond donors (Lipinski definition) is 2. The molecular formula is C15H19N3O. The van der Waals surface area contributed by atoms with Gasteiger partial charge in [0, 0.05) is 24.9 Å². The first-order valence-corrected chi connectivity index (χ1v) is 6.65. The van der Waals surface area contributed by atoms with Crippen LogP contribution in [0, 0.1) is 0 Å². The Balaban J connectivity index is 2.11. The summed E-state index contributed by atoms with van der Waals surface area (Å²) in [4.78, 5) is 4.17. The number of hydrogen-bond acceptors (Lipinski definition) is 4. The number of methoxy groups -OCH3 is 1. The number of rotatable bonds is 4.